The molecule has 2 N–H and O–H groups in total. The van der Waals surface area contributed by atoms with E-state index in [0.717, 1.165) is 18.9 Å². The third-order valence-corrected chi connectivity index (χ3v) is 3.31. The molecular weight excluding hydrogens is 210 g/mol. The third-order valence-electron chi connectivity index (χ3n) is 3.12. The lowest BCUT2D eigenvalue weighted by Crippen LogP contribution is -2.20. The van der Waals surface area contributed by atoms with Crippen molar-refractivity contribution in [3.63, 3.8) is 0 Å². The van der Waals surface area contributed by atoms with Crippen molar-refractivity contribution in [1.82, 2.24) is 4.98 Å². The van der Waals surface area contributed by atoms with Gasteiger partial charge in [0.25, 0.3) is 0 Å². The first-order valence-electron chi connectivity index (χ1n) is 5.24. The van der Waals surface area contributed by atoms with Crippen molar-refractivity contribution < 1.29 is 0 Å². The topological polar surface area (TPSA) is 42.1 Å². The summed E-state index contributed by atoms with van der Waals surface area (Å²) in [5.41, 5.74) is 6.42. The summed E-state index contributed by atoms with van der Waals surface area (Å²) in [6, 6.07) is 3.56. The van der Waals surface area contributed by atoms with Crippen LogP contribution in [0.2, 0.25) is 5.15 Å². The largest absolute Gasteiger partial charge is 0.399 e. The maximum absolute atomic E-state index is 5.88. The first-order chi connectivity index (χ1) is 7.06. The Morgan fingerprint density at radius 2 is 1.93 bits per heavy atom. The molecular formula is C11H16ClN3. The van der Waals surface area contributed by atoms with E-state index in [0.29, 0.717) is 22.7 Å². The number of aromatic nitrogens is 1. The maximum Gasteiger partial charge on any atom is 0.133 e. The quantitative estimate of drug-likeness (QED) is 0.747. The second kappa shape index (κ2) is 3.89. The lowest BCUT2D eigenvalue weighted by molar-refractivity contribution is 0.494. The van der Waals surface area contributed by atoms with E-state index in [-0.39, 0.29) is 0 Å². The number of pyridine rings is 1. The fraction of sp³-hybridized carbons (Fsp3) is 0.545. The second-order valence-electron chi connectivity index (χ2n) is 4.44. The summed E-state index contributed by atoms with van der Waals surface area (Å²) in [4.78, 5) is 6.54. The lowest BCUT2D eigenvalue weighted by atomic mass is 10.0. The van der Waals surface area contributed by atoms with Gasteiger partial charge in [-0.05, 0) is 17.9 Å². The van der Waals surface area contributed by atoms with Crippen LogP contribution in [0.3, 0.4) is 0 Å². The highest BCUT2D eigenvalue weighted by molar-refractivity contribution is 6.29. The molecule has 0 saturated carbocycles. The number of nitrogen functional groups attached to an aromatic ring is 1. The molecule has 2 unspecified atom stereocenters. The summed E-state index contributed by atoms with van der Waals surface area (Å²) >= 11 is 5.88. The fourth-order valence-corrected chi connectivity index (χ4v) is 2.19. The Balaban J connectivity index is 2.23. The van der Waals surface area contributed by atoms with Crippen LogP contribution in [0.1, 0.15) is 13.8 Å². The molecule has 0 aliphatic carbocycles. The smallest absolute Gasteiger partial charge is 0.133 e. The molecule has 0 bridgehead atoms. The van der Waals surface area contributed by atoms with Crippen LogP contribution in [-0.4, -0.2) is 18.1 Å². The average molecular weight is 226 g/mol. The zero-order valence-electron chi connectivity index (χ0n) is 9.07. The van der Waals surface area contributed by atoms with E-state index in [4.69, 9.17) is 17.3 Å². The van der Waals surface area contributed by atoms with E-state index < -0.39 is 0 Å². The van der Waals surface area contributed by atoms with Crippen LogP contribution >= 0.6 is 11.6 Å². The monoisotopic (exact) mass is 225 g/mol. The highest BCUT2D eigenvalue weighted by Crippen LogP contribution is 2.28. The minimum absolute atomic E-state index is 0.470. The van der Waals surface area contributed by atoms with Gasteiger partial charge in [0.2, 0.25) is 0 Å². The van der Waals surface area contributed by atoms with Crippen LogP contribution < -0.4 is 10.6 Å². The summed E-state index contributed by atoms with van der Waals surface area (Å²) in [7, 11) is 0. The van der Waals surface area contributed by atoms with Crippen LogP contribution in [0.25, 0.3) is 0 Å². The van der Waals surface area contributed by atoms with Gasteiger partial charge in [0.1, 0.15) is 11.0 Å². The number of rotatable bonds is 1. The molecule has 0 radical (unpaired) electrons. The molecule has 1 aromatic rings. The van der Waals surface area contributed by atoms with E-state index in [1.165, 1.54) is 0 Å². The number of hydrogen-bond acceptors (Lipinski definition) is 3. The van der Waals surface area contributed by atoms with Gasteiger partial charge in [0.05, 0.1) is 0 Å². The number of nitrogens with zero attached hydrogens (tertiary/aromatic N) is 2. The van der Waals surface area contributed by atoms with Crippen molar-refractivity contribution >= 4 is 23.1 Å². The van der Waals surface area contributed by atoms with Crippen molar-refractivity contribution in [2.75, 3.05) is 23.7 Å². The Bertz CT molecular complexity index is 337. The molecule has 2 atom stereocenters. The summed E-state index contributed by atoms with van der Waals surface area (Å²) in [6.07, 6.45) is 0. The fourth-order valence-electron chi connectivity index (χ4n) is 1.98. The van der Waals surface area contributed by atoms with Crippen LogP contribution in [0.5, 0.6) is 0 Å². The molecule has 2 heterocycles. The van der Waals surface area contributed by atoms with Crippen molar-refractivity contribution in [3.05, 3.63) is 17.3 Å². The van der Waals surface area contributed by atoms with E-state index in [9.17, 15) is 0 Å². The van der Waals surface area contributed by atoms with Gasteiger partial charge < -0.3 is 10.6 Å². The lowest BCUT2D eigenvalue weighted by Gasteiger charge is -2.17. The van der Waals surface area contributed by atoms with E-state index in [1.807, 2.05) is 6.07 Å². The highest BCUT2D eigenvalue weighted by atomic mass is 35.5. The molecule has 15 heavy (non-hydrogen) atoms. The SMILES string of the molecule is CC1CN(c2cc(N)cc(Cl)n2)CC1C. The Hall–Kier alpha value is -0.960. The Kier molecular flexibility index (Phi) is 2.74. The minimum Gasteiger partial charge on any atom is -0.399 e. The van der Waals surface area contributed by atoms with Gasteiger partial charge in [0, 0.05) is 24.8 Å². The summed E-state index contributed by atoms with van der Waals surface area (Å²) in [6.45, 7) is 6.60. The number of nitrogens with two attached hydrogens (primary N) is 1. The Morgan fingerprint density at radius 3 is 2.47 bits per heavy atom. The second-order valence-corrected chi connectivity index (χ2v) is 4.83. The summed E-state index contributed by atoms with van der Waals surface area (Å²) in [5, 5.41) is 0.470. The van der Waals surface area contributed by atoms with Gasteiger partial charge in [-0.3, -0.25) is 0 Å². The van der Waals surface area contributed by atoms with E-state index >= 15 is 0 Å². The first-order valence-corrected chi connectivity index (χ1v) is 5.62. The molecule has 0 aromatic carbocycles. The number of anilines is 2. The van der Waals surface area contributed by atoms with Crippen molar-refractivity contribution in [2.24, 2.45) is 11.8 Å². The van der Waals surface area contributed by atoms with Crippen LogP contribution in [-0.2, 0) is 0 Å². The molecule has 1 fully saturated rings. The first kappa shape index (κ1) is 10.6. The molecule has 82 valence electrons. The normalized spacial score (nSPS) is 25.9. The highest BCUT2D eigenvalue weighted by Gasteiger charge is 2.26. The van der Waals surface area contributed by atoms with Gasteiger partial charge >= 0.3 is 0 Å². The predicted octanol–water partition coefficient (Wildman–Crippen LogP) is 2.41. The van der Waals surface area contributed by atoms with Crippen LogP contribution in [0, 0.1) is 11.8 Å². The molecule has 4 heteroatoms. The van der Waals surface area contributed by atoms with Gasteiger partial charge in [-0.1, -0.05) is 25.4 Å². The summed E-state index contributed by atoms with van der Waals surface area (Å²) < 4.78 is 0. The van der Waals surface area contributed by atoms with E-state index in [2.05, 4.69) is 23.7 Å². The number of halogens is 1. The standard InChI is InChI=1S/C11H16ClN3/c1-7-5-15(6-8(7)2)11-4-9(13)3-10(12)14-11/h3-4,7-8H,5-6H2,1-2H3,(H2,13,14). The van der Waals surface area contributed by atoms with Crippen molar-refractivity contribution in [2.45, 2.75) is 13.8 Å². The zero-order valence-corrected chi connectivity index (χ0v) is 9.83. The van der Waals surface area contributed by atoms with Gasteiger partial charge in [-0.2, -0.15) is 0 Å². The molecule has 1 aliphatic rings. The zero-order chi connectivity index (χ0) is 11.0. The molecule has 2 rings (SSSR count). The van der Waals surface area contributed by atoms with Crippen LogP contribution in [0.15, 0.2) is 12.1 Å². The Morgan fingerprint density at radius 1 is 1.33 bits per heavy atom. The predicted molar refractivity (Wildman–Crippen MR) is 64.2 cm³/mol. The maximum atomic E-state index is 5.88. The van der Waals surface area contributed by atoms with Gasteiger partial charge in [-0.15, -0.1) is 0 Å². The molecule has 1 aliphatic heterocycles. The van der Waals surface area contributed by atoms with Crippen molar-refractivity contribution in [3.8, 4) is 0 Å². The van der Waals surface area contributed by atoms with Crippen LogP contribution in [0.4, 0.5) is 11.5 Å². The molecule has 1 saturated heterocycles. The molecule has 3 nitrogen and oxygen atoms in total. The summed E-state index contributed by atoms with van der Waals surface area (Å²) in [5.74, 6) is 2.30. The molecule has 0 amide bonds. The molecule has 0 spiro atoms. The molecule has 1 aromatic heterocycles. The van der Waals surface area contributed by atoms with Crippen molar-refractivity contribution in [1.29, 1.82) is 0 Å². The van der Waals surface area contributed by atoms with Gasteiger partial charge in [-0.25, -0.2) is 4.98 Å². The third kappa shape index (κ3) is 2.17. The minimum atomic E-state index is 0.470. The van der Waals surface area contributed by atoms with Gasteiger partial charge in [0.15, 0.2) is 0 Å². The average Bonchev–Trinajstić information content (AvgIpc) is 2.45. The number of hydrogen-bond donors (Lipinski definition) is 1. The van der Waals surface area contributed by atoms with E-state index in [1.54, 1.807) is 6.07 Å². The Labute approximate surface area is 95.2 Å².